The Morgan fingerprint density at radius 2 is 1.67 bits per heavy atom. The molecule has 106 valence electrons. The summed E-state index contributed by atoms with van der Waals surface area (Å²) in [6.45, 7) is 5.63. The van der Waals surface area contributed by atoms with Gasteiger partial charge in [-0.2, -0.15) is 0 Å². The molecule has 0 radical (unpaired) electrons. The first kappa shape index (κ1) is 15.4. The van der Waals surface area contributed by atoms with Crippen LogP contribution >= 0.6 is 0 Å². The summed E-state index contributed by atoms with van der Waals surface area (Å²) in [4.78, 5) is 14.2. The Hall–Kier alpha value is -0.650. The van der Waals surface area contributed by atoms with E-state index in [0.717, 1.165) is 25.9 Å². The van der Waals surface area contributed by atoms with Crippen molar-refractivity contribution in [3.63, 3.8) is 0 Å². The Labute approximate surface area is 110 Å². The lowest BCUT2D eigenvalue weighted by Crippen LogP contribution is -2.52. The standard InChI is InChI=1S/C13H26N2O3/c1-10(14-11(2)13(17-3)18-4)12(16)15-8-6-5-7-9-15/h10-11,13-14H,5-9H2,1-4H3. The number of hydrogen-bond acceptors (Lipinski definition) is 4. The minimum atomic E-state index is -0.332. The predicted octanol–water partition coefficient (Wildman–Crippen LogP) is 0.984. The maximum atomic E-state index is 12.2. The van der Waals surface area contributed by atoms with Crippen LogP contribution in [-0.4, -0.2) is 56.5 Å². The molecule has 5 nitrogen and oxygen atoms in total. The number of nitrogens with zero attached hydrogens (tertiary/aromatic N) is 1. The number of rotatable bonds is 6. The van der Waals surface area contributed by atoms with E-state index in [1.807, 2.05) is 18.7 Å². The van der Waals surface area contributed by atoms with Gasteiger partial charge in [0, 0.05) is 27.3 Å². The Balaban J connectivity index is 2.43. The molecular formula is C13H26N2O3. The van der Waals surface area contributed by atoms with Gasteiger partial charge in [-0.25, -0.2) is 0 Å². The summed E-state index contributed by atoms with van der Waals surface area (Å²) in [5.74, 6) is 0.174. The van der Waals surface area contributed by atoms with Crippen LogP contribution in [0.1, 0.15) is 33.1 Å². The summed E-state index contributed by atoms with van der Waals surface area (Å²) < 4.78 is 10.4. The van der Waals surface area contributed by atoms with Gasteiger partial charge in [0.1, 0.15) is 0 Å². The molecule has 5 heteroatoms. The normalized spacial score (nSPS) is 19.9. The van der Waals surface area contributed by atoms with Crippen molar-refractivity contribution >= 4 is 5.91 Å². The molecule has 1 heterocycles. The van der Waals surface area contributed by atoms with Crippen LogP contribution in [0.25, 0.3) is 0 Å². The monoisotopic (exact) mass is 258 g/mol. The highest BCUT2D eigenvalue weighted by atomic mass is 16.7. The van der Waals surface area contributed by atoms with E-state index in [-0.39, 0.29) is 24.3 Å². The summed E-state index contributed by atoms with van der Waals surface area (Å²) in [7, 11) is 3.20. The fourth-order valence-electron chi connectivity index (χ4n) is 2.44. The van der Waals surface area contributed by atoms with E-state index in [9.17, 15) is 4.79 Å². The van der Waals surface area contributed by atoms with E-state index >= 15 is 0 Å². The number of nitrogens with one attached hydrogen (secondary N) is 1. The number of methoxy groups -OCH3 is 2. The largest absolute Gasteiger partial charge is 0.354 e. The summed E-state index contributed by atoms with van der Waals surface area (Å²) in [6.07, 6.45) is 3.14. The molecule has 1 amide bonds. The summed E-state index contributed by atoms with van der Waals surface area (Å²) in [5, 5.41) is 3.24. The lowest BCUT2D eigenvalue weighted by Gasteiger charge is -2.31. The predicted molar refractivity (Wildman–Crippen MR) is 70.3 cm³/mol. The highest BCUT2D eigenvalue weighted by Crippen LogP contribution is 2.10. The second-order valence-electron chi connectivity index (χ2n) is 4.90. The van der Waals surface area contributed by atoms with Gasteiger partial charge in [0.25, 0.3) is 0 Å². The fourth-order valence-corrected chi connectivity index (χ4v) is 2.44. The first-order valence-electron chi connectivity index (χ1n) is 6.70. The number of likely N-dealkylation sites (tertiary alicyclic amines) is 1. The van der Waals surface area contributed by atoms with E-state index in [4.69, 9.17) is 9.47 Å². The van der Waals surface area contributed by atoms with Crippen molar-refractivity contribution in [2.75, 3.05) is 27.3 Å². The average Bonchev–Trinajstić information content (AvgIpc) is 2.40. The topological polar surface area (TPSA) is 50.8 Å². The molecule has 1 aliphatic heterocycles. The third-order valence-corrected chi connectivity index (χ3v) is 3.42. The molecule has 1 fully saturated rings. The molecule has 0 spiro atoms. The quantitative estimate of drug-likeness (QED) is 0.722. The van der Waals surface area contributed by atoms with Crippen LogP contribution in [0.15, 0.2) is 0 Å². The van der Waals surface area contributed by atoms with E-state index in [0.29, 0.717) is 0 Å². The zero-order chi connectivity index (χ0) is 13.5. The minimum Gasteiger partial charge on any atom is -0.354 e. The molecule has 0 aliphatic carbocycles. The molecule has 18 heavy (non-hydrogen) atoms. The van der Waals surface area contributed by atoms with Crippen molar-refractivity contribution in [2.45, 2.75) is 51.5 Å². The van der Waals surface area contributed by atoms with Gasteiger partial charge in [-0.3, -0.25) is 10.1 Å². The summed E-state index contributed by atoms with van der Waals surface area (Å²) >= 11 is 0. The lowest BCUT2D eigenvalue weighted by molar-refractivity contribution is -0.138. The zero-order valence-corrected chi connectivity index (χ0v) is 11.9. The Bertz CT molecular complexity index is 251. The van der Waals surface area contributed by atoms with Crippen molar-refractivity contribution in [2.24, 2.45) is 0 Å². The van der Waals surface area contributed by atoms with E-state index < -0.39 is 0 Å². The van der Waals surface area contributed by atoms with Crippen LogP contribution in [0.4, 0.5) is 0 Å². The maximum Gasteiger partial charge on any atom is 0.239 e. The van der Waals surface area contributed by atoms with Crippen LogP contribution in [0.2, 0.25) is 0 Å². The molecule has 2 unspecified atom stereocenters. The molecule has 0 aromatic heterocycles. The molecule has 0 aromatic rings. The maximum absolute atomic E-state index is 12.2. The average molecular weight is 258 g/mol. The number of carbonyl (C=O) groups excluding carboxylic acids is 1. The smallest absolute Gasteiger partial charge is 0.239 e. The number of ether oxygens (including phenoxy) is 2. The van der Waals surface area contributed by atoms with Crippen LogP contribution in [0.5, 0.6) is 0 Å². The van der Waals surface area contributed by atoms with Gasteiger partial charge < -0.3 is 14.4 Å². The van der Waals surface area contributed by atoms with E-state index in [2.05, 4.69) is 5.32 Å². The molecule has 0 saturated carbocycles. The Kier molecular flexibility index (Phi) is 6.60. The van der Waals surface area contributed by atoms with Crippen LogP contribution in [-0.2, 0) is 14.3 Å². The van der Waals surface area contributed by atoms with Gasteiger partial charge in [-0.05, 0) is 33.1 Å². The van der Waals surface area contributed by atoms with E-state index in [1.54, 1.807) is 14.2 Å². The third-order valence-electron chi connectivity index (χ3n) is 3.42. The number of carbonyl (C=O) groups is 1. The van der Waals surface area contributed by atoms with Crippen molar-refractivity contribution in [3.05, 3.63) is 0 Å². The van der Waals surface area contributed by atoms with Gasteiger partial charge >= 0.3 is 0 Å². The molecule has 1 saturated heterocycles. The number of hydrogen-bond donors (Lipinski definition) is 1. The van der Waals surface area contributed by atoms with Crippen molar-refractivity contribution in [1.29, 1.82) is 0 Å². The fraction of sp³-hybridized carbons (Fsp3) is 0.923. The third kappa shape index (κ3) is 4.23. The molecular weight excluding hydrogens is 232 g/mol. The first-order valence-corrected chi connectivity index (χ1v) is 6.70. The van der Waals surface area contributed by atoms with Gasteiger partial charge in [0.05, 0.1) is 12.1 Å². The van der Waals surface area contributed by atoms with Crippen LogP contribution in [0.3, 0.4) is 0 Å². The zero-order valence-electron chi connectivity index (χ0n) is 11.9. The van der Waals surface area contributed by atoms with Gasteiger partial charge in [-0.1, -0.05) is 0 Å². The number of amides is 1. The second-order valence-corrected chi connectivity index (χ2v) is 4.90. The van der Waals surface area contributed by atoms with Gasteiger partial charge in [0.2, 0.25) is 5.91 Å². The Morgan fingerprint density at radius 3 is 2.17 bits per heavy atom. The lowest BCUT2D eigenvalue weighted by atomic mass is 10.1. The van der Waals surface area contributed by atoms with Gasteiger partial charge in [-0.15, -0.1) is 0 Å². The van der Waals surface area contributed by atoms with E-state index in [1.165, 1.54) is 6.42 Å². The first-order chi connectivity index (χ1) is 8.60. The van der Waals surface area contributed by atoms with Crippen LogP contribution < -0.4 is 5.32 Å². The van der Waals surface area contributed by atoms with Crippen molar-refractivity contribution in [1.82, 2.24) is 10.2 Å². The SMILES string of the molecule is COC(OC)C(C)NC(C)C(=O)N1CCCCC1. The summed E-state index contributed by atoms with van der Waals surface area (Å²) in [5.41, 5.74) is 0. The minimum absolute atomic E-state index is 0.0243. The molecule has 1 rings (SSSR count). The Morgan fingerprint density at radius 1 is 1.11 bits per heavy atom. The molecule has 1 aliphatic rings. The van der Waals surface area contributed by atoms with Crippen molar-refractivity contribution in [3.8, 4) is 0 Å². The molecule has 2 atom stereocenters. The molecule has 0 bridgehead atoms. The van der Waals surface area contributed by atoms with Gasteiger partial charge in [0.15, 0.2) is 6.29 Å². The van der Waals surface area contributed by atoms with Crippen molar-refractivity contribution < 1.29 is 14.3 Å². The summed E-state index contributed by atoms with van der Waals surface area (Å²) in [6, 6.07) is -0.227. The number of piperidine rings is 1. The molecule has 1 N–H and O–H groups in total. The highest BCUT2D eigenvalue weighted by molar-refractivity contribution is 5.81. The molecule has 0 aromatic carbocycles. The second kappa shape index (κ2) is 7.71. The van der Waals surface area contributed by atoms with Crippen LogP contribution in [0, 0.1) is 0 Å². The highest BCUT2D eigenvalue weighted by Gasteiger charge is 2.25.